The van der Waals surface area contributed by atoms with Crippen LogP contribution in [0.5, 0.6) is 11.6 Å². The number of aromatic hydroxyl groups is 1. The van der Waals surface area contributed by atoms with Crippen LogP contribution in [0.2, 0.25) is 0 Å². The number of anilines is 1. The molecule has 1 aromatic carbocycles. The molecule has 2 aliphatic rings. The molecule has 2 bridgehead atoms. The van der Waals surface area contributed by atoms with E-state index in [2.05, 4.69) is 34.2 Å². The highest BCUT2D eigenvalue weighted by Crippen LogP contribution is 2.59. The van der Waals surface area contributed by atoms with Crippen LogP contribution < -0.4 is 9.64 Å². The quantitative estimate of drug-likeness (QED) is 0.477. The van der Waals surface area contributed by atoms with E-state index in [1.165, 1.54) is 24.4 Å². The molecule has 2 saturated carbocycles. The molecule has 190 valence electrons. The fourth-order valence-corrected chi connectivity index (χ4v) is 6.59. The summed E-state index contributed by atoms with van der Waals surface area (Å²) >= 11 is 0. The first-order chi connectivity index (χ1) is 18.5. The van der Waals surface area contributed by atoms with Crippen molar-refractivity contribution >= 4 is 52.9 Å². The molecular formula is C26H24B6FN5O2. The largest absolute Gasteiger partial charge is 0.507 e. The molecule has 2 aliphatic carbocycles. The van der Waals surface area contributed by atoms with E-state index in [0.717, 1.165) is 32.1 Å². The lowest BCUT2D eigenvalue weighted by Crippen LogP contribution is -2.58. The third-order valence-electron chi connectivity index (χ3n) is 7.89. The predicted octanol–water partition coefficient (Wildman–Crippen LogP) is 2.22. The summed E-state index contributed by atoms with van der Waals surface area (Å²) in [5.74, 6) is -0.814. The van der Waals surface area contributed by atoms with Crippen LogP contribution >= 0.6 is 0 Å². The van der Waals surface area contributed by atoms with Gasteiger partial charge < -0.3 is 14.7 Å². The lowest BCUT2D eigenvalue weighted by Gasteiger charge is -2.51. The summed E-state index contributed by atoms with van der Waals surface area (Å²) in [6.45, 7) is 4.57. The van der Waals surface area contributed by atoms with Gasteiger partial charge in [-0.05, 0) is 78.1 Å². The molecule has 3 aromatic rings. The molecule has 0 spiro atoms. The van der Waals surface area contributed by atoms with Crippen LogP contribution in [0.25, 0.3) is 22.4 Å². The number of nitrogens with zero attached hydrogens (tertiary/aromatic N) is 5. The Morgan fingerprint density at radius 1 is 0.950 bits per heavy atom. The van der Waals surface area contributed by atoms with Crippen molar-refractivity contribution in [3.63, 3.8) is 0 Å². The zero-order valence-electron chi connectivity index (χ0n) is 22.5. The van der Waals surface area contributed by atoms with Gasteiger partial charge in [0.2, 0.25) is 5.88 Å². The first kappa shape index (κ1) is 28.6. The zero-order valence-corrected chi connectivity index (χ0v) is 22.5. The van der Waals surface area contributed by atoms with Gasteiger partial charge in [0.25, 0.3) is 0 Å². The number of rotatable bonds is 7. The highest BCUT2D eigenvalue weighted by atomic mass is 19.1. The summed E-state index contributed by atoms with van der Waals surface area (Å²) in [5, 5.41) is 23.1. The summed E-state index contributed by atoms with van der Waals surface area (Å²) in [6.07, 6.45) is 6.51. The van der Waals surface area contributed by atoms with Gasteiger partial charge in [0.1, 0.15) is 40.9 Å². The Morgan fingerprint density at radius 2 is 1.62 bits per heavy atom. The SMILES string of the molecule is [B]C([B])([B])Oc1cc(-c2cc(O)c(-c3ccc(N(C4C[C@]5(C)CC[C@](C)(C4)C5)C([B])([B])[B])nn3)c(F)c2)cnn1. The van der Waals surface area contributed by atoms with Gasteiger partial charge in [-0.25, -0.2) is 4.39 Å². The number of phenolic OH excluding ortho intramolecular Hbond substituents is 1. The average molecular weight is 522 g/mol. The van der Waals surface area contributed by atoms with Crippen molar-refractivity contribution in [1.29, 1.82) is 0 Å². The van der Waals surface area contributed by atoms with Crippen molar-refractivity contribution in [3.05, 3.63) is 42.3 Å². The van der Waals surface area contributed by atoms with E-state index in [0.29, 0.717) is 16.9 Å². The van der Waals surface area contributed by atoms with Crippen LogP contribution in [0.4, 0.5) is 10.2 Å². The molecule has 0 aliphatic heterocycles. The summed E-state index contributed by atoms with van der Waals surface area (Å²) < 4.78 is 20.4. The molecule has 14 heteroatoms. The van der Waals surface area contributed by atoms with Crippen molar-refractivity contribution in [2.24, 2.45) is 10.8 Å². The monoisotopic (exact) mass is 523 g/mol. The minimum atomic E-state index is -1.98. The molecule has 2 heterocycles. The highest BCUT2D eigenvalue weighted by molar-refractivity contribution is 6.61. The number of ether oxygens (including phenoxy) is 1. The molecule has 3 atom stereocenters. The Labute approximate surface area is 241 Å². The lowest BCUT2D eigenvalue weighted by molar-refractivity contribution is 0.145. The number of halogens is 1. The van der Waals surface area contributed by atoms with Crippen LogP contribution in [0.15, 0.2) is 36.5 Å². The molecule has 40 heavy (non-hydrogen) atoms. The summed E-state index contributed by atoms with van der Waals surface area (Å²) in [5.41, 5.74) is 0.989. The van der Waals surface area contributed by atoms with Gasteiger partial charge in [0.15, 0.2) is 0 Å². The topological polar surface area (TPSA) is 84.3 Å². The van der Waals surface area contributed by atoms with Gasteiger partial charge in [0.05, 0.1) is 41.0 Å². The number of phenols is 1. The maximum Gasteiger partial charge on any atom is 0.232 e. The highest BCUT2D eigenvalue weighted by Gasteiger charge is 2.51. The van der Waals surface area contributed by atoms with Crippen molar-refractivity contribution in [2.45, 2.75) is 62.5 Å². The van der Waals surface area contributed by atoms with Crippen molar-refractivity contribution in [1.82, 2.24) is 20.4 Å². The molecule has 7 nitrogen and oxygen atoms in total. The minimum Gasteiger partial charge on any atom is -0.507 e. The third-order valence-corrected chi connectivity index (χ3v) is 7.89. The Bertz CT molecular complexity index is 1380. The number of aromatic nitrogens is 4. The van der Waals surface area contributed by atoms with Crippen LogP contribution in [0, 0.1) is 16.6 Å². The summed E-state index contributed by atoms with van der Waals surface area (Å²) in [7, 11) is 35.0. The zero-order chi connectivity index (χ0) is 29.1. The normalized spacial score (nSPS) is 24.5. The number of benzene rings is 1. The standard InChI is InChI=1S/C26H24B6FN5O2/c1-23-5-6-24(2,13-23)11-16(10-23)38(25(27,28)29)20-4-3-18(35-36-20)22-17(33)7-14(8-19(22)39)15-9-21(37-34-12-15)40-26(30,31)32/h3-4,7-9,12,16,39H,5-6,10-11,13H2,1-2H3/t16?,23-,24+. The molecule has 1 unspecified atom stereocenters. The van der Waals surface area contributed by atoms with Crippen molar-refractivity contribution in [3.8, 4) is 34.0 Å². The van der Waals surface area contributed by atoms with E-state index in [9.17, 15) is 5.11 Å². The number of hydrogen-bond acceptors (Lipinski definition) is 7. The van der Waals surface area contributed by atoms with Crippen LogP contribution in [-0.4, -0.2) is 89.2 Å². The maximum absolute atomic E-state index is 15.3. The van der Waals surface area contributed by atoms with Crippen LogP contribution in [0.1, 0.15) is 46.0 Å². The molecule has 0 saturated heterocycles. The van der Waals surface area contributed by atoms with Gasteiger partial charge in [-0.2, -0.15) is 5.10 Å². The number of fused-ring (bicyclic) bond motifs is 2. The van der Waals surface area contributed by atoms with Crippen molar-refractivity contribution < 1.29 is 14.2 Å². The maximum atomic E-state index is 15.3. The van der Waals surface area contributed by atoms with Gasteiger partial charge in [0, 0.05) is 17.7 Å². The Balaban J connectivity index is 1.43. The van der Waals surface area contributed by atoms with E-state index in [4.69, 9.17) is 51.8 Å². The van der Waals surface area contributed by atoms with E-state index in [1.807, 2.05) is 0 Å². The lowest BCUT2D eigenvalue weighted by atomic mass is 9.47. The molecule has 5 rings (SSSR count). The second-order valence-electron chi connectivity index (χ2n) is 12.0. The summed E-state index contributed by atoms with van der Waals surface area (Å²) in [4.78, 5) is 1.71. The molecule has 1 N–H and O–H groups in total. The first-order valence-corrected chi connectivity index (χ1v) is 13.0. The van der Waals surface area contributed by atoms with E-state index in [-0.39, 0.29) is 39.8 Å². The number of hydrogen-bond donors (Lipinski definition) is 1. The molecular weight excluding hydrogens is 498 g/mol. The first-order valence-electron chi connectivity index (χ1n) is 13.0. The van der Waals surface area contributed by atoms with Crippen LogP contribution in [-0.2, 0) is 0 Å². The fourth-order valence-electron chi connectivity index (χ4n) is 6.59. The Kier molecular flexibility index (Phi) is 7.07. The van der Waals surface area contributed by atoms with Gasteiger partial charge in [-0.3, -0.25) is 0 Å². The van der Waals surface area contributed by atoms with E-state index >= 15 is 4.39 Å². The Hall–Kier alpha value is -2.90. The molecule has 2 aromatic heterocycles. The second-order valence-corrected chi connectivity index (χ2v) is 12.0. The molecule has 2 fully saturated rings. The Morgan fingerprint density at radius 3 is 2.17 bits per heavy atom. The van der Waals surface area contributed by atoms with E-state index < -0.39 is 16.4 Å². The molecule has 12 radical (unpaired) electrons. The van der Waals surface area contributed by atoms with Gasteiger partial charge in [-0.15, -0.1) is 15.3 Å². The molecule has 0 amide bonds. The van der Waals surface area contributed by atoms with Crippen molar-refractivity contribution in [2.75, 3.05) is 4.90 Å². The smallest absolute Gasteiger partial charge is 0.232 e. The van der Waals surface area contributed by atoms with Crippen LogP contribution in [0.3, 0.4) is 0 Å². The van der Waals surface area contributed by atoms with Gasteiger partial charge in [-0.1, -0.05) is 19.1 Å². The average Bonchev–Trinajstić information content (AvgIpc) is 3.04. The van der Waals surface area contributed by atoms with E-state index in [1.54, 1.807) is 17.0 Å². The minimum absolute atomic E-state index is 0.0402. The third kappa shape index (κ3) is 5.91. The predicted molar refractivity (Wildman–Crippen MR) is 156 cm³/mol. The van der Waals surface area contributed by atoms with Gasteiger partial charge >= 0.3 is 0 Å². The summed E-state index contributed by atoms with van der Waals surface area (Å²) in [6, 6.07) is 7.10. The second kappa shape index (κ2) is 9.88. The fraction of sp³-hybridized carbons (Fsp3) is 0.462.